The molecule has 2 fully saturated rings. The molecule has 0 N–H and O–H groups in total. The molecule has 0 aromatic heterocycles. The van der Waals surface area contributed by atoms with E-state index in [2.05, 4.69) is 15.9 Å². The minimum atomic E-state index is 0.480. The van der Waals surface area contributed by atoms with E-state index in [1.54, 1.807) is 0 Å². The lowest BCUT2D eigenvalue weighted by atomic mass is 10.0. The van der Waals surface area contributed by atoms with Crippen molar-refractivity contribution in [2.45, 2.75) is 29.5 Å². The van der Waals surface area contributed by atoms with Crippen LogP contribution in [0.2, 0.25) is 0 Å². The summed E-state index contributed by atoms with van der Waals surface area (Å²) in [7, 11) is 0. The minimum Gasteiger partial charge on any atom is -0.123 e. The molecule has 0 nitrogen and oxygen atoms in total. The van der Waals surface area contributed by atoms with Crippen LogP contribution in [0.4, 0.5) is 0 Å². The van der Waals surface area contributed by atoms with Gasteiger partial charge in [0, 0.05) is 10.2 Å². The molecule has 52 valence electrons. The van der Waals surface area contributed by atoms with E-state index in [1.165, 1.54) is 19.3 Å². The zero-order chi connectivity index (χ0) is 6.43. The largest absolute Gasteiger partial charge is 0.123 e. The van der Waals surface area contributed by atoms with Gasteiger partial charge in [-0.2, -0.15) is 0 Å². The third kappa shape index (κ3) is 0.848. The lowest BCUT2D eigenvalue weighted by molar-refractivity contribution is 0.487. The van der Waals surface area contributed by atoms with Crippen LogP contribution < -0.4 is 0 Å². The lowest BCUT2D eigenvalue weighted by Gasteiger charge is -2.13. The maximum atomic E-state index is 6.07. The number of hydrogen-bond acceptors (Lipinski definition) is 0. The summed E-state index contributed by atoms with van der Waals surface area (Å²) in [5, 5.41) is 0.480. The van der Waals surface area contributed by atoms with Crippen LogP contribution in [0.15, 0.2) is 0 Å². The number of halogens is 2. The van der Waals surface area contributed by atoms with E-state index < -0.39 is 0 Å². The van der Waals surface area contributed by atoms with Crippen molar-refractivity contribution in [1.29, 1.82) is 0 Å². The fourth-order valence-electron chi connectivity index (χ4n) is 2.17. The van der Waals surface area contributed by atoms with Crippen molar-refractivity contribution in [3.05, 3.63) is 0 Å². The summed E-state index contributed by atoms with van der Waals surface area (Å²) in [6.45, 7) is 0. The second-order valence-electron chi connectivity index (χ2n) is 3.20. The highest BCUT2D eigenvalue weighted by Gasteiger charge is 2.45. The smallest absolute Gasteiger partial charge is 0.0378 e. The molecule has 0 aromatic rings. The van der Waals surface area contributed by atoms with Gasteiger partial charge < -0.3 is 0 Å². The zero-order valence-corrected chi connectivity index (χ0v) is 7.53. The standard InChI is InChI=1S/C7H10BrCl/c8-7-4-1-2-5(7)6(9)3-4/h4-7H,1-3H2/t4-,5+,6+,7+/m1/s1. The van der Waals surface area contributed by atoms with Crippen molar-refractivity contribution in [1.82, 2.24) is 0 Å². The van der Waals surface area contributed by atoms with Gasteiger partial charge in [0.05, 0.1) is 0 Å². The van der Waals surface area contributed by atoms with Gasteiger partial charge in [0.1, 0.15) is 0 Å². The topological polar surface area (TPSA) is 0 Å². The van der Waals surface area contributed by atoms with E-state index in [4.69, 9.17) is 11.6 Å². The van der Waals surface area contributed by atoms with Crippen LogP contribution in [0.3, 0.4) is 0 Å². The fraction of sp³-hybridized carbons (Fsp3) is 1.00. The summed E-state index contributed by atoms with van der Waals surface area (Å²) in [4.78, 5) is 0.750. The molecule has 0 radical (unpaired) electrons. The Kier molecular flexibility index (Phi) is 1.53. The van der Waals surface area contributed by atoms with Gasteiger partial charge in [0.25, 0.3) is 0 Å². The maximum absolute atomic E-state index is 6.07. The van der Waals surface area contributed by atoms with Gasteiger partial charge in [-0.25, -0.2) is 0 Å². The Balaban J connectivity index is 2.16. The Morgan fingerprint density at radius 3 is 2.33 bits per heavy atom. The molecule has 0 heterocycles. The van der Waals surface area contributed by atoms with Crippen LogP contribution in [-0.4, -0.2) is 10.2 Å². The first kappa shape index (κ1) is 6.48. The van der Waals surface area contributed by atoms with Gasteiger partial charge in [-0.3, -0.25) is 0 Å². The van der Waals surface area contributed by atoms with E-state index in [9.17, 15) is 0 Å². The molecule has 2 saturated carbocycles. The fourth-order valence-corrected chi connectivity index (χ4v) is 3.97. The molecule has 0 spiro atoms. The lowest BCUT2D eigenvalue weighted by Crippen LogP contribution is -2.10. The van der Waals surface area contributed by atoms with Gasteiger partial charge in [-0.15, -0.1) is 11.6 Å². The van der Waals surface area contributed by atoms with E-state index in [-0.39, 0.29) is 0 Å². The van der Waals surface area contributed by atoms with Gasteiger partial charge in [0.2, 0.25) is 0 Å². The molecule has 2 aliphatic rings. The molecule has 2 aliphatic carbocycles. The molecule has 2 bridgehead atoms. The van der Waals surface area contributed by atoms with Crippen LogP contribution in [0, 0.1) is 11.8 Å². The molecule has 9 heavy (non-hydrogen) atoms. The van der Waals surface area contributed by atoms with Crippen LogP contribution >= 0.6 is 27.5 Å². The molecule has 0 amide bonds. The summed E-state index contributed by atoms with van der Waals surface area (Å²) in [5.74, 6) is 1.69. The molecule has 0 unspecified atom stereocenters. The first-order valence-corrected chi connectivity index (χ1v) is 4.92. The van der Waals surface area contributed by atoms with Crippen molar-refractivity contribution in [3.63, 3.8) is 0 Å². The average Bonchev–Trinajstić information content (AvgIpc) is 2.25. The number of fused-ring (bicyclic) bond motifs is 2. The SMILES string of the molecule is Cl[C@H]1C[C@H]2CC[C@@H]1[C@H]2Br. The van der Waals surface area contributed by atoms with Crippen molar-refractivity contribution >= 4 is 27.5 Å². The van der Waals surface area contributed by atoms with Gasteiger partial charge in [0.15, 0.2) is 0 Å². The highest BCUT2D eigenvalue weighted by molar-refractivity contribution is 9.09. The Morgan fingerprint density at radius 1 is 1.33 bits per heavy atom. The molecule has 0 aliphatic heterocycles. The van der Waals surface area contributed by atoms with E-state index in [0.29, 0.717) is 5.38 Å². The highest BCUT2D eigenvalue weighted by Crippen LogP contribution is 2.50. The molecule has 2 heteroatoms. The second kappa shape index (κ2) is 2.13. The van der Waals surface area contributed by atoms with Crippen molar-refractivity contribution in [2.75, 3.05) is 0 Å². The summed E-state index contributed by atoms with van der Waals surface area (Å²) < 4.78 is 0. The normalized spacial score (nSPS) is 56.7. The summed E-state index contributed by atoms with van der Waals surface area (Å²) in [6, 6.07) is 0. The molecule has 2 rings (SSSR count). The van der Waals surface area contributed by atoms with Crippen LogP contribution in [0.1, 0.15) is 19.3 Å². The predicted molar refractivity (Wildman–Crippen MR) is 43.2 cm³/mol. The van der Waals surface area contributed by atoms with Gasteiger partial charge in [-0.1, -0.05) is 15.9 Å². The number of alkyl halides is 2. The summed E-state index contributed by atoms with van der Waals surface area (Å²) in [5.41, 5.74) is 0. The molecule has 0 aromatic carbocycles. The van der Waals surface area contributed by atoms with Crippen molar-refractivity contribution < 1.29 is 0 Å². The quantitative estimate of drug-likeness (QED) is 0.538. The zero-order valence-electron chi connectivity index (χ0n) is 5.19. The second-order valence-corrected chi connectivity index (χ2v) is 4.82. The first-order valence-electron chi connectivity index (χ1n) is 3.57. The average molecular weight is 210 g/mol. The monoisotopic (exact) mass is 208 g/mol. The van der Waals surface area contributed by atoms with Crippen molar-refractivity contribution in [3.8, 4) is 0 Å². The Hall–Kier alpha value is 0.770. The maximum Gasteiger partial charge on any atom is 0.0378 e. The minimum absolute atomic E-state index is 0.480. The van der Waals surface area contributed by atoms with E-state index in [0.717, 1.165) is 16.7 Å². The van der Waals surface area contributed by atoms with Gasteiger partial charge in [-0.05, 0) is 31.1 Å². The first-order chi connectivity index (χ1) is 4.29. The molecular formula is C7H10BrCl. The van der Waals surface area contributed by atoms with Crippen molar-refractivity contribution in [2.24, 2.45) is 11.8 Å². The summed E-state index contributed by atoms with van der Waals surface area (Å²) in [6.07, 6.45) is 4.01. The third-order valence-corrected chi connectivity index (χ3v) is 4.65. The number of rotatable bonds is 0. The Labute approximate surface area is 69.1 Å². The van der Waals surface area contributed by atoms with Crippen LogP contribution in [0.5, 0.6) is 0 Å². The van der Waals surface area contributed by atoms with E-state index in [1.807, 2.05) is 0 Å². The molecule has 0 saturated heterocycles. The highest BCUT2D eigenvalue weighted by atomic mass is 79.9. The Morgan fingerprint density at radius 2 is 2.11 bits per heavy atom. The third-order valence-electron chi connectivity index (χ3n) is 2.72. The predicted octanol–water partition coefficient (Wildman–Crippen LogP) is 2.79. The Bertz CT molecular complexity index is 126. The molecule has 4 atom stereocenters. The number of hydrogen-bond donors (Lipinski definition) is 0. The van der Waals surface area contributed by atoms with Gasteiger partial charge >= 0.3 is 0 Å². The summed E-state index contributed by atoms with van der Waals surface area (Å²) >= 11 is 9.76. The van der Waals surface area contributed by atoms with Crippen LogP contribution in [0.25, 0.3) is 0 Å². The van der Waals surface area contributed by atoms with Crippen LogP contribution in [-0.2, 0) is 0 Å². The molecular weight excluding hydrogens is 199 g/mol. The van der Waals surface area contributed by atoms with E-state index >= 15 is 0 Å².